The van der Waals surface area contributed by atoms with Crippen molar-refractivity contribution >= 4 is 22.0 Å². The van der Waals surface area contributed by atoms with Crippen LogP contribution in [-0.4, -0.2) is 13.1 Å². The Kier molecular flexibility index (Phi) is 4.04. The second-order valence-corrected chi connectivity index (χ2v) is 4.51. The lowest BCUT2D eigenvalue weighted by molar-refractivity contribution is 0.133. The molecule has 0 spiro atoms. The van der Waals surface area contributed by atoms with Crippen LogP contribution in [0.5, 0.6) is 0 Å². The second kappa shape index (κ2) is 5.73. The zero-order valence-electron chi connectivity index (χ0n) is 9.77. The van der Waals surface area contributed by atoms with Gasteiger partial charge >= 0.3 is 6.09 Å². The molecule has 1 aromatic carbocycles. The molecule has 0 atom stereocenters. The molecule has 0 saturated heterocycles. The van der Waals surface area contributed by atoms with Crippen LogP contribution in [-0.2, 0) is 11.3 Å². The minimum Gasteiger partial charge on any atom is -0.457 e. The van der Waals surface area contributed by atoms with Crippen LogP contribution < -0.4 is 5.32 Å². The molecule has 1 heterocycles. The number of alkyl carbamates (subject to hydrolysis) is 1. The number of ether oxygens (including phenoxy) is 1. The van der Waals surface area contributed by atoms with Gasteiger partial charge in [0.25, 0.3) is 0 Å². The Balaban J connectivity index is 2.06. The average molecular weight is 310 g/mol. The van der Waals surface area contributed by atoms with E-state index in [0.717, 1.165) is 15.8 Å². The van der Waals surface area contributed by atoms with Crippen molar-refractivity contribution in [1.82, 2.24) is 5.32 Å². The molecule has 0 fully saturated rings. The van der Waals surface area contributed by atoms with Gasteiger partial charge in [0, 0.05) is 17.1 Å². The molecule has 0 unspecified atom stereocenters. The lowest BCUT2D eigenvalue weighted by atomic mass is 10.2. The molecular weight excluding hydrogens is 298 g/mol. The fourth-order valence-electron chi connectivity index (χ4n) is 1.43. The summed E-state index contributed by atoms with van der Waals surface area (Å²) < 4.78 is 11.5. The fraction of sp³-hybridized carbons (Fsp3) is 0.154. The van der Waals surface area contributed by atoms with Crippen LogP contribution >= 0.6 is 15.9 Å². The van der Waals surface area contributed by atoms with Crippen molar-refractivity contribution in [2.75, 3.05) is 7.05 Å². The zero-order valence-corrected chi connectivity index (χ0v) is 11.4. The number of nitrogens with one attached hydrogen (secondary N) is 1. The van der Waals surface area contributed by atoms with Gasteiger partial charge in [-0.25, -0.2) is 4.79 Å². The van der Waals surface area contributed by atoms with E-state index in [-0.39, 0.29) is 6.61 Å². The van der Waals surface area contributed by atoms with Crippen molar-refractivity contribution in [3.05, 3.63) is 46.6 Å². The molecule has 0 bridgehead atoms. The van der Waals surface area contributed by atoms with Crippen molar-refractivity contribution in [3.8, 4) is 11.3 Å². The van der Waals surface area contributed by atoms with E-state index in [2.05, 4.69) is 21.2 Å². The van der Waals surface area contributed by atoms with Crippen LogP contribution in [0.2, 0.25) is 0 Å². The van der Waals surface area contributed by atoms with Crippen LogP contribution in [0.3, 0.4) is 0 Å². The van der Waals surface area contributed by atoms with Crippen molar-refractivity contribution in [2.24, 2.45) is 0 Å². The van der Waals surface area contributed by atoms with Crippen LogP contribution in [0.4, 0.5) is 4.79 Å². The van der Waals surface area contributed by atoms with Crippen molar-refractivity contribution < 1.29 is 13.9 Å². The van der Waals surface area contributed by atoms with Gasteiger partial charge in [-0.2, -0.15) is 0 Å². The Hall–Kier alpha value is -1.75. The van der Waals surface area contributed by atoms with Crippen molar-refractivity contribution in [1.29, 1.82) is 0 Å². The van der Waals surface area contributed by atoms with Crippen LogP contribution in [0.15, 0.2) is 45.3 Å². The van der Waals surface area contributed by atoms with Crippen LogP contribution in [0, 0.1) is 0 Å². The average Bonchev–Trinajstić information content (AvgIpc) is 2.85. The standard InChI is InChI=1S/C13H12BrNO3/c1-15-13(16)17-8-11-6-7-12(18-11)9-2-4-10(14)5-3-9/h2-7H,8H2,1H3,(H,15,16). The number of rotatable bonds is 3. The van der Waals surface area contributed by atoms with E-state index in [4.69, 9.17) is 9.15 Å². The number of amides is 1. The van der Waals surface area contributed by atoms with Gasteiger partial charge in [0.05, 0.1) is 0 Å². The van der Waals surface area contributed by atoms with E-state index >= 15 is 0 Å². The van der Waals surface area contributed by atoms with E-state index in [1.807, 2.05) is 30.3 Å². The summed E-state index contributed by atoms with van der Waals surface area (Å²) in [5, 5.41) is 2.37. The normalized spacial score (nSPS) is 10.1. The smallest absolute Gasteiger partial charge is 0.407 e. The van der Waals surface area contributed by atoms with Gasteiger partial charge in [0.2, 0.25) is 0 Å². The molecule has 0 aliphatic rings. The monoisotopic (exact) mass is 309 g/mol. The first-order chi connectivity index (χ1) is 8.69. The van der Waals surface area contributed by atoms with Gasteiger partial charge in [-0.05, 0) is 24.3 Å². The minimum absolute atomic E-state index is 0.121. The largest absolute Gasteiger partial charge is 0.457 e. The van der Waals surface area contributed by atoms with E-state index in [1.54, 1.807) is 6.07 Å². The molecule has 0 radical (unpaired) electrons. The van der Waals surface area contributed by atoms with Crippen LogP contribution in [0.1, 0.15) is 5.76 Å². The molecule has 0 saturated carbocycles. The summed E-state index contributed by atoms with van der Waals surface area (Å²) in [6.45, 7) is 0.121. The third-order valence-corrected chi connectivity index (χ3v) is 2.87. The van der Waals surface area contributed by atoms with Crippen molar-refractivity contribution in [2.45, 2.75) is 6.61 Å². The molecule has 18 heavy (non-hydrogen) atoms. The molecule has 2 rings (SSSR count). The second-order valence-electron chi connectivity index (χ2n) is 3.60. The van der Waals surface area contributed by atoms with Gasteiger partial charge in [0.15, 0.2) is 6.61 Å². The Morgan fingerprint density at radius 3 is 2.67 bits per heavy atom. The van der Waals surface area contributed by atoms with Gasteiger partial charge < -0.3 is 14.5 Å². The third-order valence-electron chi connectivity index (χ3n) is 2.34. The molecular formula is C13H12BrNO3. The molecule has 94 valence electrons. The summed E-state index contributed by atoms with van der Waals surface area (Å²) in [5.74, 6) is 1.36. The summed E-state index contributed by atoms with van der Waals surface area (Å²) in [4.78, 5) is 10.9. The number of furan rings is 1. The fourth-order valence-corrected chi connectivity index (χ4v) is 1.70. The van der Waals surface area contributed by atoms with Gasteiger partial charge in [0.1, 0.15) is 11.5 Å². The number of hydrogen-bond acceptors (Lipinski definition) is 3. The highest BCUT2D eigenvalue weighted by atomic mass is 79.9. The first kappa shape index (κ1) is 12.7. The lowest BCUT2D eigenvalue weighted by Crippen LogP contribution is -2.18. The highest BCUT2D eigenvalue weighted by Crippen LogP contribution is 2.24. The predicted molar refractivity (Wildman–Crippen MR) is 71.1 cm³/mol. The minimum atomic E-state index is -0.475. The number of hydrogen-bond donors (Lipinski definition) is 1. The summed E-state index contributed by atoms with van der Waals surface area (Å²) >= 11 is 3.38. The molecule has 1 N–H and O–H groups in total. The molecule has 0 aliphatic carbocycles. The maximum Gasteiger partial charge on any atom is 0.407 e. The summed E-state index contributed by atoms with van der Waals surface area (Å²) in [6.07, 6.45) is -0.475. The van der Waals surface area contributed by atoms with Crippen molar-refractivity contribution in [3.63, 3.8) is 0 Å². The Labute approximate surface area is 113 Å². The first-order valence-electron chi connectivity index (χ1n) is 5.38. The third kappa shape index (κ3) is 3.13. The molecule has 0 aliphatic heterocycles. The predicted octanol–water partition coefficient (Wildman–Crippen LogP) is 3.57. The molecule has 5 heteroatoms. The molecule has 2 aromatic rings. The Morgan fingerprint density at radius 2 is 2.00 bits per heavy atom. The van der Waals surface area contributed by atoms with Crippen LogP contribution in [0.25, 0.3) is 11.3 Å². The number of benzene rings is 1. The maximum absolute atomic E-state index is 10.9. The summed E-state index contributed by atoms with van der Waals surface area (Å²) in [5.41, 5.74) is 0.976. The lowest BCUT2D eigenvalue weighted by Gasteiger charge is -2.01. The zero-order chi connectivity index (χ0) is 13.0. The molecule has 1 amide bonds. The summed E-state index contributed by atoms with van der Waals surface area (Å²) in [6, 6.07) is 11.4. The van der Waals surface area contributed by atoms with E-state index in [9.17, 15) is 4.79 Å². The SMILES string of the molecule is CNC(=O)OCc1ccc(-c2ccc(Br)cc2)o1. The Bertz CT molecular complexity index is 533. The highest BCUT2D eigenvalue weighted by molar-refractivity contribution is 9.10. The number of halogens is 1. The molecule has 4 nitrogen and oxygen atoms in total. The molecule has 1 aromatic heterocycles. The van der Waals surface area contributed by atoms with E-state index in [1.165, 1.54) is 7.05 Å². The van der Waals surface area contributed by atoms with E-state index in [0.29, 0.717) is 5.76 Å². The van der Waals surface area contributed by atoms with Gasteiger partial charge in [-0.1, -0.05) is 28.1 Å². The Morgan fingerprint density at radius 1 is 1.28 bits per heavy atom. The quantitative estimate of drug-likeness (QED) is 0.943. The number of carbonyl (C=O) groups is 1. The van der Waals surface area contributed by atoms with Gasteiger partial charge in [-0.15, -0.1) is 0 Å². The maximum atomic E-state index is 10.9. The first-order valence-corrected chi connectivity index (χ1v) is 6.17. The topological polar surface area (TPSA) is 51.5 Å². The highest BCUT2D eigenvalue weighted by Gasteiger charge is 2.06. The number of carbonyl (C=O) groups excluding carboxylic acids is 1. The van der Waals surface area contributed by atoms with E-state index < -0.39 is 6.09 Å². The van der Waals surface area contributed by atoms with Gasteiger partial charge in [-0.3, -0.25) is 0 Å². The summed E-state index contributed by atoms with van der Waals surface area (Å²) in [7, 11) is 1.51.